The second kappa shape index (κ2) is 10.2. The Labute approximate surface area is 172 Å². The van der Waals surface area contributed by atoms with Crippen molar-refractivity contribution in [2.45, 2.75) is 63.8 Å². The summed E-state index contributed by atoms with van der Waals surface area (Å²) >= 11 is 0. The molecule has 1 unspecified atom stereocenters. The van der Waals surface area contributed by atoms with Crippen LogP contribution in [0.2, 0.25) is 0 Å². The van der Waals surface area contributed by atoms with E-state index in [0.29, 0.717) is 25.2 Å². The highest BCUT2D eigenvalue weighted by Gasteiger charge is 2.30. The molecule has 156 valence electrons. The summed E-state index contributed by atoms with van der Waals surface area (Å²) in [5.41, 5.74) is 7.59. The number of allylic oxidation sites excluding steroid dienone is 2. The predicted molar refractivity (Wildman–Crippen MR) is 111 cm³/mol. The van der Waals surface area contributed by atoms with E-state index >= 15 is 0 Å². The van der Waals surface area contributed by atoms with Gasteiger partial charge in [-0.1, -0.05) is 36.4 Å². The molecule has 1 aliphatic carbocycles. The van der Waals surface area contributed by atoms with Crippen LogP contribution in [-0.2, 0) is 20.8 Å². The Hall–Kier alpha value is -2.63. The van der Waals surface area contributed by atoms with Crippen LogP contribution in [0.15, 0.2) is 42.1 Å². The van der Waals surface area contributed by atoms with Gasteiger partial charge in [-0.25, -0.2) is 0 Å². The number of rotatable bonds is 8. The molecule has 2 atom stereocenters. The smallest absolute Gasteiger partial charge is 0.240 e. The zero-order chi connectivity index (χ0) is 20.6. The molecule has 0 bridgehead atoms. The van der Waals surface area contributed by atoms with Crippen molar-refractivity contribution in [1.82, 2.24) is 10.2 Å². The van der Waals surface area contributed by atoms with Gasteiger partial charge in [0.2, 0.25) is 17.7 Å². The van der Waals surface area contributed by atoms with Crippen molar-refractivity contribution in [1.29, 1.82) is 0 Å². The number of carbonyl (C=O) groups is 3. The average Bonchev–Trinajstić information content (AvgIpc) is 2.73. The molecule has 2 aliphatic rings. The number of carbonyl (C=O) groups excluding carboxylic acids is 3. The molecule has 1 aromatic carbocycles. The van der Waals surface area contributed by atoms with Crippen LogP contribution < -0.4 is 11.1 Å². The first kappa shape index (κ1) is 21.1. The maximum Gasteiger partial charge on any atom is 0.240 e. The summed E-state index contributed by atoms with van der Waals surface area (Å²) in [6, 6.07) is 8.71. The normalized spacial score (nSPS) is 19.7. The Morgan fingerprint density at radius 3 is 2.62 bits per heavy atom. The van der Waals surface area contributed by atoms with Gasteiger partial charge in [0.1, 0.15) is 6.04 Å². The van der Waals surface area contributed by atoms with Gasteiger partial charge in [-0.15, -0.1) is 0 Å². The van der Waals surface area contributed by atoms with Crippen molar-refractivity contribution in [2.75, 3.05) is 6.54 Å². The minimum absolute atomic E-state index is 0.103. The molecule has 1 saturated heterocycles. The molecule has 3 amide bonds. The Balaban J connectivity index is 1.45. The summed E-state index contributed by atoms with van der Waals surface area (Å²) in [7, 11) is 0. The molecule has 0 saturated carbocycles. The Morgan fingerprint density at radius 1 is 1.10 bits per heavy atom. The minimum Gasteiger partial charge on any atom is -0.368 e. The number of piperidine rings is 1. The summed E-state index contributed by atoms with van der Waals surface area (Å²) in [6.07, 6.45) is 9.27. The highest BCUT2D eigenvalue weighted by Crippen LogP contribution is 2.35. The molecular weight excluding hydrogens is 366 g/mol. The van der Waals surface area contributed by atoms with Crippen molar-refractivity contribution in [2.24, 2.45) is 11.7 Å². The maximum atomic E-state index is 12.7. The lowest BCUT2D eigenvalue weighted by Gasteiger charge is -2.38. The zero-order valence-corrected chi connectivity index (χ0v) is 16.9. The average molecular weight is 398 g/mol. The van der Waals surface area contributed by atoms with E-state index in [-0.39, 0.29) is 18.2 Å². The molecule has 1 aromatic rings. The number of hydrogen-bond donors (Lipinski definition) is 2. The number of amides is 3. The topological polar surface area (TPSA) is 92.5 Å². The van der Waals surface area contributed by atoms with Crippen molar-refractivity contribution in [3.63, 3.8) is 0 Å². The molecule has 0 spiro atoms. The van der Waals surface area contributed by atoms with Crippen LogP contribution in [0.4, 0.5) is 0 Å². The summed E-state index contributed by atoms with van der Waals surface area (Å²) in [5, 5.41) is 2.71. The molecule has 0 radical (unpaired) electrons. The van der Waals surface area contributed by atoms with Gasteiger partial charge in [-0.05, 0) is 50.0 Å². The number of nitrogens with one attached hydrogen (secondary N) is 1. The standard InChI is InChI=1S/C23H31N3O3/c24-23(29)19(16-17-8-2-1-3-9-17)25-21(27)13-6-14-22(28)26-15-7-11-18-10-4-5-12-20(18)26/h1-3,8-9,12,18-19H,4-7,10-11,13-16H2,(H2,24,29)(H,25,27)/t18?,19-/m0/s1. The van der Waals surface area contributed by atoms with E-state index in [1.54, 1.807) is 0 Å². The van der Waals surface area contributed by atoms with Gasteiger partial charge >= 0.3 is 0 Å². The van der Waals surface area contributed by atoms with Crippen LogP contribution >= 0.6 is 0 Å². The minimum atomic E-state index is -0.740. The van der Waals surface area contributed by atoms with Gasteiger partial charge in [0.05, 0.1) is 0 Å². The quantitative estimate of drug-likeness (QED) is 0.706. The maximum absolute atomic E-state index is 12.7. The molecular formula is C23H31N3O3. The van der Waals surface area contributed by atoms with Crippen LogP contribution in [0.5, 0.6) is 0 Å². The lowest BCUT2D eigenvalue weighted by molar-refractivity contribution is -0.131. The number of nitrogens with zero attached hydrogens (tertiary/aromatic N) is 1. The van der Waals surface area contributed by atoms with Gasteiger partial charge < -0.3 is 16.0 Å². The van der Waals surface area contributed by atoms with Gasteiger partial charge in [0.15, 0.2) is 0 Å². The van der Waals surface area contributed by atoms with E-state index in [1.807, 2.05) is 35.2 Å². The van der Waals surface area contributed by atoms with Gasteiger partial charge in [0, 0.05) is 31.5 Å². The van der Waals surface area contributed by atoms with Crippen molar-refractivity contribution < 1.29 is 14.4 Å². The van der Waals surface area contributed by atoms with Crippen molar-refractivity contribution >= 4 is 17.7 Å². The van der Waals surface area contributed by atoms with Crippen molar-refractivity contribution in [3.05, 3.63) is 47.7 Å². The highest BCUT2D eigenvalue weighted by molar-refractivity contribution is 5.87. The summed E-state index contributed by atoms with van der Waals surface area (Å²) in [4.78, 5) is 38.6. The fraction of sp³-hybridized carbons (Fsp3) is 0.522. The Kier molecular flexibility index (Phi) is 7.44. The fourth-order valence-electron chi connectivity index (χ4n) is 4.32. The summed E-state index contributed by atoms with van der Waals surface area (Å²) < 4.78 is 0. The Morgan fingerprint density at radius 2 is 1.86 bits per heavy atom. The van der Waals surface area contributed by atoms with Crippen LogP contribution in [0.3, 0.4) is 0 Å². The molecule has 0 aromatic heterocycles. The molecule has 3 N–H and O–H groups in total. The van der Waals surface area contributed by atoms with E-state index in [4.69, 9.17) is 5.73 Å². The monoisotopic (exact) mass is 397 g/mol. The number of hydrogen-bond acceptors (Lipinski definition) is 3. The number of benzene rings is 1. The predicted octanol–water partition coefficient (Wildman–Crippen LogP) is 2.68. The third-order valence-electron chi connectivity index (χ3n) is 5.83. The number of likely N-dealkylation sites (tertiary alicyclic amines) is 1. The molecule has 1 fully saturated rings. The zero-order valence-electron chi connectivity index (χ0n) is 16.9. The SMILES string of the molecule is NC(=O)[C@H](Cc1ccccc1)NC(=O)CCCC(=O)N1CCCC2CCCC=C21. The van der Waals surface area contributed by atoms with E-state index in [9.17, 15) is 14.4 Å². The highest BCUT2D eigenvalue weighted by atomic mass is 16.2. The molecule has 6 nitrogen and oxygen atoms in total. The first-order valence-corrected chi connectivity index (χ1v) is 10.7. The van der Waals surface area contributed by atoms with E-state index < -0.39 is 11.9 Å². The second-order valence-corrected chi connectivity index (χ2v) is 8.01. The van der Waals surface area contributed by atoms with E-state index in [0.717, 1.165) is 24.9 Å². The number of primary amides is 1. The van der Waals surface area contributed by atoms with Crippen LogP contribution in [0.25, 0.3) is 0 Å². The third kappa shape index (κ3) is 5.92. The lowest BCUT2D eigenvalue weighted by Crippen LogP contribution is -2.45. The number of nitrogens with two attached hydrogens (primary N) is 1. The van der Waals surface area contributed by atoms with Gasteiger partial charge in [-0.2, -0.15) is 0 Å². The molecule has 3 rings (SSSR count). The summed E-state index contributed by atoms with van der Waals surface area (Å²) in [6.45, 7) is 0.786. The largest absolute Gasteiger partial charge is 0.368 e. The summed E-state index contributed by atoms with van der Waals surface area (Å²) in [5.74, 6) is -0.168. The van der Waals surface area contributed by atoms with Crippen LogP contribution in [-0.4, -0.2) is 35.2 Å². The first-order chi connectivity index (χ1) is 14.0. The van der Waals surface area contributed by atoms with Crippen LogP contribution in [0, 0.1) is 5.92 Å². The molecule has 1 aliphatic heterocycles. The Bertz CT molecular complexity index is 760. The number of fused-ring (bicyclic) bond motifs is 1. The van der Waals surface area contributed by atoms with Crippen molar-refractivity contribution in [3.8, 4) is 0 Å². The van der Waals surface area contributed by atoms with Crippen LogP contribution in [0.1, 0.15) is 56.9 Å². The fourth-order valence-corrected chi connectivity index (χ4v) is 4.32. The molecule has 29 heavy (non-hydrogen) atoms. The van der Waals surface area contributed by atoms with E-state index in [1.165, 1.54) is 25.0 Å². The van der Waals surface area contributed by atoms with Gasteiger partial charge in [-0.3, -0.25) is 14.4 Å². The first-order valence-electron chi connectivity index (χ1n) is 10.7. The van der Waals surface area contributed by atoms with E-state index in [2.05, 4.69) is 11.4 Å². The third-order valence-corrected chi connectivity index (χ3v) is 5.83. The van der Waals surface area contributed by atoms with Gasteiger partial charge in [0.25, 0.3) is 0 Å². The second-order valence-electron chi connectivity index (χ2n) is 8.01. The lowest BCUT2D eigenvalue weighted by atomic mass is 9.85. The molecule has 1 heterocycles. The molecule has 6 heteroatoms.